The number of aldehydes is 1. The number of hydrogen-bond acceptors (Lipinski definition) is 2. The molecule has 1 aliphatic rings. The lowest BCUT2D eigenvalue weighted by Crippen LogP contribution is -1.95. The molecule has 0 amide bonds. The van der Waals surface area contributed by atoms with Crippen molar-refractivity contribution in [3.8, 4) is 0 Å². The maximum absolute atomic E-state index is 11.3. The summed E-state index contributed by atoms with van der Waals surface area (Å²) in [6, 6.07) is 0. The Morgan fingerprint density at radius 2 is 2.08 bits per heavy atom. The average Bonchev–Trinajstić information content (AvgIpc) is 2.48. The largest absolute Gasteiger partial charge is 0.298 e. The molecule has 0 aromatic carbocycles. The lowest BCUT2D eigenvalue weighted by Gasteiger charge is -1.95. The zero-order valence-electron chi connectivity index (χ0n) is 7.88. The number of carbonyl (C=O) groups is 2. The van der Waals surface area contributed by atoms with Crippen LogP contribution in [0.2, 0.25) is 0 Å². The van der Waals surface area contributed by atoms with Crippen molar-refractivity contribution in [1.29, 1.82) is 0 Å². The molecule has 0 atom stereocenters. The average molecular weight is 178 g/mol. The third kappa shape index (κ3) is 2.38. The molecule has 1 rings (SSSR count). The Kier molecular flexibility index (Phi) is 3.62. The van der Waals surface area contributed by atoms with E-state index in [0.717, 1.165) is 18.3 Å². The van der Waals surface area contributed by atoms with Gasteiger partial charge in [0.2, 0.25) is 0 Å². The van der Waals surface area contributed by atoms with Crippen LogP contribution in [0.1, 0.15) is 32.6 Å². The van der Waals surface area contributed by atoms with Gasteiger partial charge in [-0.3, -0.25) is 9.59 Å². The normalized spacial score (nSPS) is 17.5. The van der Waals surface area contributed by atoms with E-state index in [4.69, 9.17) is 0 Å². The maximum atomic E-state index is 11.3. The minimum absolute atomic E-state index is 0.142. The van der Waals surface area contributed by atoms with Gasteiger partial charge < -0.3 is 0 Å². The summed E-state index contributed by atoms with van der Waals surface area (Å²) in [7, 11) is 0. The first-order valence-electron chi connectivity index (χ1n) is 4.65. The predicted octanol–water partition coefficient (Wildman–Crippen LogP) is 2.20. The van der Waals surface area contributed by atoms with E-state index in [-0.39, 0.29) is 5.78 Å². The first kappa shape index (κ1) is 9.90. The minimum Gasteiger partial charge on any atom is -0.298 e. The maximum Gasteiger partial charge on any atom is 0.159 e. The van der Waals surface area contributed by atoms with Gasteiger partial charge in [0.1, 0.15) is 6.29 Å². The van der Waals surface area contributed by atoms with E-state index in [2.05, 4.69) is 0 Å². The second-order valence-electron chi connectivity index (χ2n) is 3.13. The van der Waals surface area contributed by atoms with Crippen LogP contribution < -0.4 is 0 Å². The quantitative estimate of drug-likeness (QED) is 0.488. The Labute approximate surface area is 78.3 Å². The topological polar surface area (TPSA) is 34.1 Å². The Balaban J connectivity index is 2.68. The first-order chi connectivity index (χ1) is 6.29. The van der Waals surface area contributed by atoms with Gasteiger partial charge in [-0.05, 0) is 24.8 Å². The standard InChI is InChI=1S/C11H14O2/c1-2-3-4-5-10-9(8-12)6-7-11(10)13/h3-4,8H,2,5-7H2,1H3/b4-3-. The van der Waals surface area contributed by atoms with Crippen LogP contribution in [0.3, 0.4) is 0 Å². The highest BCUT2D eigenvalue weighted by molar-refractivity contribution is 6.04. The summed E-state index contributed by atoms with van der Waals surface area (Å²) in [5.41, 5.74) is 1.42. The summed E-state index contributed by atoms with van der Waals surface area (Å²) in [6.45, 7) is 2.04. The molecule has 0 saturated carbocycles. The molecule has 1 aliphatic carbocycles. The number of Topliss-reactive ketones (excluding diaryl/α,β-unsaturated/α-hetero) is 1. The Hall–Kier alpha value is -1.18. The van der Waals surface area contributed by atoms with Gasteiger partial charge in [0.25, 0.3) is 0 Å². The monoisotopic (exact) mass is 178 g/mol. The fraction of sp³-hybridized carbons (Fsp3) is 0.455. The summed E-state index contributed by atoms with van der Waals surface area (Å²) in [5.74, 6) is 0.142. The molecule has 0 unspecified atom stereocenters. The number of allylic oxidation sites excluding steroid dienone is 4. The number of carbonyl (C=O) groups excluding carboxylic acids is 2. The van der Waals surface area contributed by atoms with Gasteiger partial charge in [-0.1, -0.05) is 19.1 Å². The molecule has 13 heavy (non-hydrogen) atoms. The van der Waals surface area contributed by atoms with Crippen LogP contribution in [-0.4, -0.2) is 12.1 Å². The molecule has 2 nitrogen and oxygen atoms in total. The molecular formula is C11H14O2. The molecule has 0 N–H and O–H groups in total. The molecule has 0 aromatic rings. The smallest absolute Gasteiger partial charge is 0.159 e. The third-order valence-corrected chi connectivity index (χ3v) is 2.21. The van der Waals surface area contributed by atoms with Gasteiger partial charge in [-0.2, -0.15) is 0 Å². The van der Waals surface area contributed by atoms with Gasteiger partial charge in [-0.25, -0.2) is 0 Å². The SMILES string of the molecule is CC/C=C\CC1=C(C=O)CCC1=O. The van der Waals surface area contributed by atoms with Crippen LogP contribution in [0.5, 0.6) is 0 Å². The fourth-order valence-corrected chi connectivity index (χ4v) is 1.47. The van der Waals surface area contributed by atoms with E-state index in [1.54, 1.807) is 0 Å². The molecule has 2 heteroatoms. The van der Waals surface area contributed by atoms with Gasteiger partial charge >= 0.3 is 0 Å². The third-order valence-electron chi connectivity index (χ3n) is 2.21. The fourth-order valence-electron chi connectivity index (χ4n) is 1.47. The van der Waals surface area contributed by atoms with Crippen molar-refractivity contribution in [3.63, 3.8) is 0 Å². The van der Waals surface area contributed by atoms with E-state index in [1.807, 2.05) is 19.1 Å². The molecule has 0 saturated heterocycles. The van der Waals surface area contributed by atoms with Gasteiger partial charge in [0.15, 0.2) is 5.78 Å². The van der Waals surface area contributed by atoms with Crippen molar-refractivity contribution >= 4 is 12.1 Å². The molecule has 0 fully saturated rings. The number of ketones is 1. The molecule has 0 aliphatic heterocycles. The summed E-state index contributed by atoms with van der Waals surface area (Å²) in [4.78, 5) is 21.8. The second-order valence-corrected chi connectivity index (χ2v) is 3.13. The highest BCUT2D eigenvalue weighted by atomic mass is 16.1. The van der Waals surface area contributed by atoms with E-state index in [1.165, 1.54) is 0 Å². The van der Waals surface area contributed by atoms with E-state index in [9.17, 15) is 9.59 Å². The molecule has 0 aromatic heterocycles. The van der Waals surface area contributed by atoms with Gasteiger partial charge in [0, 0.05) is 12.0 Å². The number of rotatable bonds is 4. The van der Waals surface area contributed by atoms with E-state index in [0.29, 0.717) is 24.8 Å². The van der Waals surface area contributed by atoms with E-state index >= 15 is 0 Å². The van der Waals surface area contributed by atoms with Crippen LogP contribution in [0.4, 0.5) is 0 Å². The zero-order chi connectivity index (χ0) is 9.68. The van der Waals surface area contributed by atoms with E-state index < -0.39 is 0 Å². The second kappa shape index (κ2) is 4.75. The van der Waals surface area contributed by atoms with Crippen molar-refractivity contribution in [2.45, 2.75) is 32.6 Å². The Morgan fingerprint density at radius 3 is 2.69 bits per heavy atom. The molecule has 0 heterocycles. The van der Waals surface area contributed by atoms with Crippen LogP contribution in [0, 0.1) is 0 Å². The summed E-state index contributed by atoms with van der Waals surface area (Å²) in [6.07, 6.45) is 7.54. The zero-order valence-corrected chi connectivity index (χ0v) is 7.88. The molecule has 0 radical (unpaired) electrons. The van der Waals surface area contributed by atoms with Crippen LogP contribution in [-0.2, 0) is 9.59 Å². The van der Waals surface area contributed by atoms with Crippen molar-refractivity contribution in [2.75, 3.05) is 0 Å². The van der Waals surface area contributed by atoms with Crippen molar-refractivity contribution in [3.05, 3.63) is 23.3 Å². The van der Waals surface area contributed by atoms with Crippen LogP contribution in [0.15, 0.2) is 23.3 Å². The van der Waals surface area contributed by atoms with Crippen molar-refractivity contribution in [2.24, 2.45) is 0 Å². The lowest BCUT2D eigenvalue weighted by atomic mass is 10.1. The Bertz CT molecular complexity index is 272. The molecular weight excluding hydrogens is 164 g/mol. The summed E-state index contributed by atoms with van der Waals surface area (Å²) < 4.78 is 0. The van der Waals surface area contributed by atoms with Crippen molar-refractivity contribution < 1.29 is 9.59 Å². The van der Waals surface area contributed by atoms with Gasteiger partial charge in [-0.15, -0.1) is 0 Å². The van der Waals surface area contributed by atoms with Gasteiger partial charge in [0.05, 0.1) is 0 Å². The number of hydrogen-bond donors (Lipinski definition) is 0. The van der Waals surface area contributed by atoms with Crippen LogP contribution >= 0.6 is 0 Å². The van der Waals surface area contributed by atoms with Crippen molar-refractivity contribution in [1.82, 2.24) is 0 Å². The lowest BCUT2D eigenvalue weighted by molar-refractivity contribution is -0.115. The molecule has 70 valence electrons. The molecule has 0 bridgehead atoms. The highest BCUT2D eigenvalue weighted by Crippen LogP contribution is 2.24. The molecule has 0 spiro atoms. The summed E-state index contributed by atoms with van der Waals surface area (Å²) >= 11 is 0. The predicted molar refractivity (Wildman–Crippen MR) is 51.4 cm³/mol. The highest BCUT2D eigenvalue weighted by Gasteiger charge is 2.20. The van der Waals surface area contributed by atoms with Crippen LogP contribution in [0.25, 0.3) is 0 Å². The first-order valence-corrected chi connectivity index (χ1v) is 4.65. The summed E-state index contributed by atoms with van der Waals surface area (Å²) in [5, 5.41) is 0. The minimum atomic E-state index is 0.142. The Morgan fingerprint density at radius 1 is 1.31 bits per heavy atom.